The highest BCUT2D eigenvalue weighted by molar-refractivity contribution is 6.32. The first-order valence-corrected chi connectivity index (χ1v) is 14.1. The summed E-state index contributed by atoms with van der Waals surface area (Å²) >= 11 is 6.67. The maximum absolute atomic E-state index is 11.3. The van der Waals surface area contributed by atoms with Gasteiger partial charge in [-0.2, -0.15) is 5.26 Å². The zero-order valence-corrected chi connectivity index (χ0v) is 25.5. The van der Waals surface area contributed by atoms with Crippen LogP contribution in [0.15, 0.2) is 67.0 Å². The number of carboxylic acid groups (broad SMARTS) is 1. The summed E-state index contributed by atoms with van der Waals surface area (Å²) in [6.07, 6.45) is 8.48. The average Bonchev–Trinajstić information content (AvgIpc) is 3.00. The predicted octanol–water partition coefficient (Wildman–Crippen LogP) is 6.58. The van der Waals surface area contributed by atoms with E-state index >= 15 is 0 Å². The Morgan fingerprint density at radius 3 is 2.41 bits per heavy atom. The number of benzene rings is 3. The van der Waals surface area contributed by atoms with Crippen molar-refractivity contribution < 1.29 is 24.1 Å². The van der Waals surface area contributed by atoms with Gasteiger partial charge in [0.05, 0.1) is 17.1 Å². The number of likely N-dealkylation sites (N-methyl/N-ethyl adjacent to an activating group) is 1. The number of hydrogen-bond acceptors (Lipinski definition) is 7. The first kappa shape index (κ1) is 31.9. The number of nitrogens with zero attached hydrogens (tertiary/aromatic N) is 3. The third-order valence-corrected chi connectivity index (χ3v) is 7.29. The lowest BCUT2D eigenvalue weighted by Gasteiger charge is -2.20. The summed E-state index contributed by atoms with van der Waals surface area (Å²) in [5.41, 5.74) is 6.93. The molecule has 9 heteroatoms. The van der Waals surface area contributed by atoms with Crippen LogP contribution in [-0.4, -0.2) is 41.2 Å². The quantitative estimate of drug-likeness (QED) is 0.170. The number of carbonyl (C=O) groups is 1. The minimum Gasteiger partial charge on any atom is -0.488 e. The van der Waals surface area contributed by atoms with Crippen molar-refractivity contribution in [3.63, 3.8) is 0 Å². The van der Waals surface area contributed by atoms with Gasteiger partial charge in [0.1, 0.15) is 43.1 Å². The lowest BCUT2D eigenvalue weighted by molar-refractivity contribution is -0.138. The number of aliphatic carboxylic acids is 1. The van der Waals surface area contributed by atoms with Crippen molar-refractivity contribution in [2.75, 3.05) is 20.2 Å². The Morgan fingerprint density at radius 2 is 1.68 bits per heavy atom. The summed E-state index contributed by atoms with van der Waals surface area (Å²) in [6, 6.07) is 19.1. The summed E-state index contributed by atoms with van der Waals surface area (Å²) in [6.45, 7) is 4.76. The molecule has 0 fully saturated rings. The van der Waals surface area contributed by atoms with Gasteiger partial charge in [0, 0.05) is 36.1 Å². The first-order chi connectivity index (χ1) is 21.2. The summed E-state index contributed by atoms with van der Waals surface area (Å²) < 4.78 is 18.1. The smallest absolute Gasteiger partial charge is 0.317 e. The van der Waals surface area contributed by atoms with Gasteiger partial charge in [-0.1, -0.05) is 47.9 Å². The zero-order valence-electron chi connectivity index (χ0n) is 24.8. The number of terminal acetylenes is 1. The Bertz CT molecular complexity index is 1740. The molecule has 1 N–H and O–H groups in total. The molecule has 3 aromatic carbocycles. The van der Waals surface area contributed by atoms with Crippen molar-refractivity contribution >= 4 is 17.6 Å². The molecular weight excluding hydrogens is 578 g/mol. The lowest BCUT2D eigenvalue weighted by Crippen LogP contribution is -2.25. The molecule has 0 amide bonds. The number of aromatic nitrogens is 1. The Morgan fingerprint density at radius 1 is 0.955 bits per heavy atom. The fraction of sp³-hybridized carbons (Fsp3) is 0.229. The standard InChI is InChI=1S/C35H32ClN3O5/c1-5-12-42-32-11-7-10-30(24(32)3)29-9-6-8-27(23(29)2)22-44-34-15-33(43-21-26-13-25(16-37)17-38-18-26)28(14-31(34)36)19-39(4)20-35(40)41/h1,6-11,13-15,17-18H,12,19-22H2,2-4H3,(H,40,41). The molecule has 0 aliphatic carbocycles. The summed E-state index contributed by atoms with van der Waals surface area (Å²) in [5.74, 6) is 3.20. The highest BCUT2D eigenvalue weighted by Crippen LogP contribution is 2.36. The van der Waals surface area contributed by atoms with E-state index in [4.69, 9.17) is 32.2 Å². The molecule has 0 saturated carbocycles. The Labute approximate surface area is 262 Å². The number of ether oxygens (including phenoxy) is 3. The third-order valence-electron chi connectivity index (χ3n) is 6.99. The number of hydrogen-bond donors (Lipinski definition) is 1. The largest absolute Gasteiger partial charge is 0.488 e. The summed E-state index contributed by atoms with van der Waals surface area (Å²) in [4.78, 5) is 17.0. The van der Waals surface area contributed by atoms with E-state index in [0.717, 1.165) is 33.6 Å². The van der Waals surface area contributed by atoms with Crippen LogP contribution < -0.4 is 14.2 Å². The lowest BCUT2D eigenvalue weighted by atomic mass is 9.93. The Hall–Kier alpha value is -5.02. The normalized spacial score (nSPS) is 10.6. The van der Waals surface area contributed by atoms with Crippen LogP contribution in [0.25, 0.3) is 11.1 Å². The number of nitriles is 1. The van der Waals surface area contributed by atoms with Crippen molar-refractivity contribution in [2.24, 2.45) is 0 Å². The van der Waals surface area contributed by atoms with Crippen LogP contribution in [0.2, 0.25) is 5.02 Å². The second-order valence-corrected chi connectivity index (χ2v) is 10.6. The predicted molar refractivity (Wildman–Crippen MR) is 169 cm³/mol. The molecule has 44 heavy (non-hydrogen) atoms. The number of pyridine rings is 1. The SMILES string of the molecule is C#CCOc1cccc(-c2cccc(COc3cc(OCc4cncc(C#N)c4)c(CN(C)CC(=O)O)cc3Cl)c2C)c1C. The fourth-order valence-electron chi connectivity index (χ4n) is 4.78. The van der Waals surface area contributed by atoms with E-state index in [2.05, 4.69) is 23.0 Å². The molecule has 224 valence electrons. The van der Waals surface area contributed by atoms with Crippen molar-refractivity contribution in [2.45, 2.75) is 33.6 Å². The van der Waals surface area contributed by atoms with Gasteiger partial charge in [-0.05, 0) is 66.9 Å². The Balaban J connectivity index is 1.60. The molecule has 0 spiro atoms. The zero-order chi connectivity index (χ0) is 31.6. The van der Waals surface area contributed by atoms with Crippen LogP contribution in [0.3, 0.4) is 0 Å². The highest BCUT2D eigenvalue weighted by atomic mass is 35.5. The number of carboxylic acids is 1. The number of rotatable bonds is 13. The van der Waals surface area contributed by atoms with E-state index < -0.39 is 5.97 Å². The van der Waals surface area contributed by atoms with E-state index in [1.807, 2.05) is 44.2 Å². The molecule has 0 aliphatic heterocycles. The van der Waals surface area contributed by atoms with Crippen LogP contribution in [0, 0.1) is 37.5 Å². The van der Waals surface area contributed by atoms with Crippen molar-refractivity contribution in [1.82, 2.24) is 9.88 Å². The summed E-state index contributed by atoms with van der Waals surface area (Å²) in [5, 5.41) is 18.8. The van der Waals surface area contributed by atoms with E-state index in [0.29, 0.717) is 33.2 Å². The van der Waals surface area contributed by atoms with Crippen LogP contribution in [0.4, 0.5) is 0 Å². The molecule has 1 heterocycles. The van der Waals surface area contributed by atoms with Crippen LogP contribution >= 0.6 is 11.6 Å². The molecule has 0 saturated heterocycles. The topological polar surface area (TPSA) is 105 Å². The van der Waals surface area contributed by atoms with Gasteiger partial charge >= 0.3 is 5.97 Å². The fourth-order valence-corrected chi connectivity index (χ4v) is 5.02. The molecule has 0 atom stereocenters. The van der Waals surface area contributed by atoms with Crippen molar-refractivity contribution in [3.8, 4) is 46.8 Å². The van der Waals surface area contributed by atoms with E-state index in [9.17, 15) is 15.2 Å². The highest BCUT2D eigenvalue weighted by Gasteiger charge is 2.17. The molecule has 0 bridgehead atoms. The molecule has 0 radical (unpaired) electrons. The molecule has 1 aromatic heterocycles. The van der Waals surface area contributed by atoms with Crippen LogP contribution in [0.5, 0.6) is 17.2 Å². The van der Waals surface area contributed by atoms with Gasteiger partial charge in [0.25, 0.3) is 0 Å². The van der Waals surface area contributed by atoms with Gasteiger partial charge in [-0.15, -0.1) is 6.42 Å². The van der Waals surface area contributed by atoms with Gasteiger partial charge in [0.2, 0.25) is 0 Å². The average molecular weight is 610 g/mol. The van der Waals surface area contributed by atoms with Gasteiger partial charge in [0.15, 0.2) is 0 Å². The maximum atomic E-state index is 11.3. The molecular formula is C35H32ClN3O5. The first-order valence-electron chi connectivity index (χ1n) is 13.8. The van der Waals surface area contributed by atoms with E-state index in [1.165, 1.54) is 6.20 Å². The minimum absolute atomic E-state index is 0.143. The molecule has 4 rings (SSSR count). The maximum Gasteiger partial charge on any atom is 0.317 e. The summed E-state index contributed by atoms with van der Waals surface area (Å²) in [7, 11) is 1.70. The molecule has 8 nitrogen and oxygen atoms in total. The van der Waals surface area contributed by atoms with Gasteiger partial charge < -0.3 is 19.3 Å². The van der Waals surface area contributed by atoms with Crippen molar-refractivity contribution in [3.05, 3.63) is 105 Å². The molecule has 0 unspecified atom stereocenters. The molecule has 0 aliphatic rings. The van der Waals surface area contributed by atoms with Crippen molar-refractivity contribution in [1.29, 1.82) is 5.26 Å². The Kier molecular flexibility index (Phi) is 10.8. The van der Waals surface area contributed by atoms with Crippen LogP contribution in [0.1, 0.15) is 33.4 Å². The minimum atomic E-state index is -0.944. The monoisotopic (exact) mass is 609 g/mol. The van der Waals surface area contributed by atoms with Crippen LogP contribution in [-0.2, 0) is 24.6 Å². The second kappa shape index (κ2) is 14.9. The van der Waals surface area contributed by atoms with E-state index in [-0.39, 0.29) is 32.9 Å². The van der Waals surface area contributed by atoms with E-state index in [1.54, 1.807) is 36.3 Å². The third kappa shape index (κ3) is 8.08. The van der Waals surface area contributed by atoms with Gasteiger partial charge in [-0.25, -0.2) is 0 Å². The second-order valence-electron chi connectivity index (χ2n) is 10.2. The number of halogens is 1. The van der Waals surface area contributed by atoms with Gasteiger partial charge in [-0.3, -0.25) is 14.7 Å². The molecule has 4 aromatic rings.